The summed E-state index contributed by atoms with van der Waals surface area (Å²) in [5.41, 5.74) is 0.0523. The zero-order valence-electron chi connectivity index (χ0n) is 11.9. The number of aliphatic hydroxyl groups is 1. The summed E-state index contributed by atoms with van der Waals surface area (Å²) in [6.07, 6.45) is 1.16. The lowest BCUT2D eigenvalue weighted by Crippen LogP contribution is -2.39. The summed E-state index contributed by atoms with van der Waals surface area (Å²) in [6.45, 7) is 2.46. The summed E-state index contributed by atoms with van der Waals surface area (Å²) in [7, 11) is 0. The van der Waals surface area contributed by atoms with Crippen molar-refractivity contribution in [3.63, 3.8) is 0 Å². The molecule has 3 atom stereocenters. The molecule has 1 aliphatic carbocycles. The molecule has 21 heavy (non-hydrogen) atoms. The van der Waals surface area contributed by atoms with E-state index < -0.39 is 11.6 Å². The minimum absolute atomic E-state index is 0.0523. The van der Waals surface area contributed by atoms with Gasteiger partial charge in [0.15, 0.2) is 0 Å². The first-order valence-corrected chi connectivity index (χ1v) is 7.12. The molecule has 0 spiro atoms. The van der Waals surface area contributed by atoms with Crippen molar-refractivity contribution in [1.29, 1.82) is 0 Å². The first-order valence-electron chi connectivity index (χ1n) is 7.12. The van der Waals surface area contributed by atoms with E-state index in [1.165, 1.54) is 18.2 Å². The molecule has 1 aliphatic rings. The Morgan fingerprint density at radius 1 is 1.43 bits per heavy atom. The van der Waals surface area contributed by atoms with Crippen molar-refractivity contribution < 1.29 is 18.7 Å². The molecule has 0 aliphatic heterocycles. The van der Waals surface area contributed by atoms with Gasteiger partial charge in [0.2, 0.25) is 0 Å². The van der Waals surface area contributed by atoms with Crippen LogP contribution in [0.15, 0.2) is 18.2 Å². The number of rotatable bonds is 6. The van der Waals surface area contributed by atoms with E-state index in [-0.39, 0.29) is 36.1 Å². The van der Waals surface area contributed by atoms with Gasteiger partial charge in [-0.2, -0.15) is 0 Å². The van der Waals surface area contributed by atoms with Crippen LogP contribution in [-0.2, 0) is 0 Å². The third kappa shape index (κ3) is 4.14. The van der Waals surface area contributed by atoms with Crippen molar-refractivity contribution in [2.45, 2.75) is 31.7 Å². The molecule has 2 amide bonds. The molecule has 1 saturated carbocycles. The number of carbonyl (C=O) groups excluding carboxylic acids is 1. The van der Waals surface area contributed by atoms with Gasteiger partial charge in [-0.1, -0.05) is 13.0 Å². The minimum atomic E-state index is -0.568. The van der Waals surface area contributed by atoms with Crippen LogP contribution in [0.1, 0.15) is 31.2 Å². The Kier molecular flexibility index (Phi) is 5.12. The number of benzene rings is 1. The highest BCUT2D eigenvalue weighted by molar-refractivity contribution is 5.74. The van der Waals surface area contributed by atoms with E-state index in [9.17, 15) is 13.6 Å². The molecular weight excluding hydrogens is 278 g/mol. The quantitative estimate of drug-likeness (QED) is 0.753. The summed E-state index contributed by atoms with van der Waals surface area (Å²) < 4.78 is 27.2. The summed E-state index contributed by atoms with van der Waals surface area (Å²) in [5.74, 6) is -1.26. The van der Waals surface area contributed by atoms with Crippen molar-refractivity contribution in [2.24, 2.45) is 5.92 Å². The van der Waals surface area contributed by atoms with Crippen LogP contribution in [0.2, 0.25) is 0 Å². The fraction of sp³-hybridized carbons (Fsp3) is 0.533. The number of halogens is 2. The van der Waals surface area contributed by atoms with Crippen LogP contribution >= 0.6 is 0 Å². The van der Waals surface area contributed by atoms with Crippen molar-refractivity contribution in [3.05, 3.63) is 35.4 Å². The third-order valence-electron chi connectivity index (χ3n) is 3.71. The highest BCUT2D eigenvalue weighted by atomic mass is 19.1. The highest BCUT2D eigenvalue weighted by Gasteiger charge is 2.42. The standard InChI is InChI=1S/C15H20F2N2O2/c1-9(5-6-20)8-18-15(21)19-13-7-10(13)14-11(16)3-2-4-12(14)17/h2-4,9-10,13,20H,5-8H2,1H3,(H2,18,19,21). The number of amides is 2. The molecule has 3 unspecified atom stereocenters. The molecule has 1 aromatic carbocycles. The van der Waals surface area contributed by atoms with Crippen molar-refractivity contribution in [3.8, 4) is 0 Å². The monoisotopic (exact) mass is 298 g/mol. The topological polar surface area (TPSA) is 61.4 Å². The van der Waals surface area contributed by atoms with Crippen LogP contribution < -0.4 is 10.6 Å². The lowest BCUT2D eigenvalue weighted by Gasteiger charge is -2.12. The normalized spacial score (nSPS) is 21.7. The summed E-state index contributed by atoms with van der Waals surface area (Å²) in [6, 6.07) is 3.21. The maximum absolute atomic E-state index is 13.6. The van der Waals surface area contributed by atoms with Crippen LogP contribution in [0.5, 0.6) is 0 Å². The van der Waals surface area contributed by atoms with Crippen molar-refractivity contribution in [1.82, 2.24) is 10.6 Å². The number of hydrogen-bond donors (Lipinski definition) is 3. The highest BCUT2D eigenvalue weighted by Crippen LogP contribution is 2.42. The van der Waals surface area contributed by atoms with Gasteiger partial charge in [-0.15, -0.1) is 0 Å². The zero-order chi connectivity index (χ0) is 15.4. The molecule has 0 radical (unpaired) electrons. The molecule has 6 heteroatoms. The van der Waals surface area contributed by atoms with E-state index in [1.807, 2.05) is 6.92 Å². The number of nitrogens with one attached hydrogen (secondary N) is 2. The first-order chi connectivity index (χ1) is 10.0. The SMILES string of the molecule is CC(CCO)CNC(=O)NC1CC1c1c(F)cccc1F. The second-order valence-corrected chi connectivity index (χ2v) is 5.56. The van der Waals surface area contributed by atoms with E-state index in [1.54, 1.807) is 0 Å². The van der Waals surface area contributed by atoms with E-state index in [0.717, 1.165) is 0 Å². The Morgan fingerprint density at radius 3 is 2.71 bits per heavy atom. The average molecular weight is 298 g/mol. The second-order valence-electron chi connectivity index (χ2n) is 5.56. The van der Waals surface area contributed by atoms with E-state index in [2.05, 4.69) is 10.6 Å². The van der Waals surface area contributed by atoms with Gasteiger partial charge in [-0.3, -0.25) is 0 Å². The molecule has 3 N–H and O–H groups in total. The molecule has 2 rings (SSSR count). The third-order valence-corrected chi connectivity index (χ3v) is 3.71. The number of aliphatic hydroxyl groups excluding tert-OH is 1. The Bertz CT molecular complexity index is 490. The Morgan fingerprint density at radius 2 is 2.10 bits per heavy atom. The maximum Gasteiger partial charge on any atom is 0.315 e. The molecular formula is C15H20F2N2O2. The van der Waals surface area contributed by atoms with Crippen molar-refractivity contribution >= 4 is 6.03 Å². The number of carbonyl (C=O) groups is 1. The zero-order valence-corrected chi connectivity index (χ0v) is 11.9. The first kappa shape index (κ1) is 15.7. The smallest absolute Gasteiger partial charge is 0.315 e. The number of hydrogen-bond acceptors (Lipinski definition) is 2. The van der Waals surface area contributed by atoms with Crippen LogP contribution in [0.4, 0.5) is 13.6 Å². The van der Waals surface area contributed by atoms with Crippen LogP contribution in [0.25, 0.3) is 0 Å². The van der Waals surface area contributed by atoms with E-state index in [4.69, 9.17) is 5.11 Å². The fourth-order valence-corrected chi connectivity index (χ4v) is 2.35. The Labute approximate surface area is 122 Å². The maximum atomic E-state index is 13.6. The molecule has 4 nitrogen and oxygen atoms in total. The van der Waals surface area contributed by atoms with Gasteiger partial charge in [-0.25, -0.2) is 13.6 Å². The van der Waals surface area contributed by atoms with E-state index in [0.29, 0.717) is 19.4 Å². The van der Waals surface area contributed by atoms with Gasteiger partial charge in [0.1, 0.15) is 11.6 Å². The lowest BCUT2D eigenvalue weighted by atomic mass is 10.1. The van der Waals surface area contributed by atoms with Crippen LogP contribution in [0, 0.1) is 17.6 Å². The van der Waals surface area contributed by atoms with Crippen molar-refractivity contribution in [2.75, 3.05) is 13.2 Å². The summed E-state index contributed by atoms with van der Waals surface area (Å²) in [4.78, 5) is 11.7. The molecule has 0 heterocycles. The summed E-state index contributed by atoms with van der Waals surface area (Å²) in [5, 5.41) is 14.2. The van der Waals surface area contributed by atoms with Gasteiger partial charge in [0.05, 0.1) is 0 Å². The Hall–Kier alpha value is -1.69. The van der Waals surface area contributed by atoms with E-state index >= 15 is 0 Å². The molecule has 116 valence electrons. The molecule has 0 bridgehead atoms. The molecule has 0 aromatic heterocycles. The predicted octanol–water partition coefficient (Wildman–Crippen LogP) is 2.14. The van der Waals surface area contributed by atoms with Gasteiger partial charge in [0.25, 0.3) is 0 Å². The van der Waals surface area contributed by atoms with Crippen LogP contribution in [-0.4, -0.2) is 30.3 Å². The van der Waals surface area contributed by atoms with Gasteiger partial charge in [-0.05, 0) is 30.9 Å². The van der Waals surface area contributed by atoms with Gasteiger partial charge in [0, 0.05) is 30.7 Å². The molecule has 0 saturated heterocycles. The largest absolute Gasteiger partial charge is 0.396 e. The Balaban J connectivity index is 1.80. The van der Waals surface area contributed by atoms with Gasteiger partial charge < -0.3 is 15.7 Å². The minimum Gasteiger partial charge on any atom is -0.396 e. The van der Waals surface area contributed by atoms with Gasteiger partial charge >= 0.3 is 6.03 Å². The fourth-order valence-electron chi connectivity index (χ4n) is 2.35. The summed E-state index contributed by atoms with van der Waals surface area (Å²) >= 11 is 0. The lowest BCUT2D eigenvalue weighted by molar-refractivity contribution is 0.233. The van der Waals surface area contributed by atoms with Crippen LogP contribution in [0.3, 0.4) is 0 Å². The molecule has 1 aromatic rings. The second kappa shape index (κ2) is 6.85. The molecule has 1 fully saturated rings. The predicted molar refractivity (Wildman–Crippen MR) is 74.9 cm³/mol. The average Bonchev–Trinajstić information content (AvgIpc) is 3.15. The number of urea groups is 1.